The molecule has 0 amide bonds. The summed E-state index contributed by atoms with van der Waals surface area (Å²) in [5, 5.41) is 18.9. The van der Waals surface area contributed by atoms with E-state index in [4.69, 9.17) is 14.6 Å². The molecule has 0 atom stereocenters. The van der Waals surface area contributed by atoms with Gasteiger partial charge in [0.1, 0.15) is 6.61 Å². The topological polar surface area (TPSA) is 58.9 Å². The summed E-state index contributed by atoms with van der Waals surface area (Å²) in [6.07, 6.45) is 8.58. The van der Waals surface area contributed by atoms with Gasteiger partial charge in [0.05, 0.1) is 13.2 Å². The third kappa shape index (κ3) is 9.83. The van der Waals surface area contributed by atoms with Crippen molar-refractivity contribution in [2.75, 3.05) is 19.8 Å². The Morgan fingerprint density at radius 3 is 1.56 bits per heavy atom. The fourth-order valence-corrected chi connectivity index (χ4v) is 1.65. The van der Waals surface area contributed by atoms with Crippen molar-refractivity contribution in [2.24, 2.45) is 0 Å². The molecule has 0 saturated carbocycles. The molecule has 0 fully saturated rings. The standard InChI is InChI=1S/C14H30O4/c1-3-5-7-9-11-17-14(16,13-15)18-12-10-8-6-4-2/h15-16H,3-13H2,1-2H3. The second kappa shape index (κ2) is 11.9. The van der Waals surface area contributed by atoms with Crippen LogP contribution in [-0.4, -0.2) is 36.0 Å². The second-order valence-corrected chi connectivity index (χ2v) is 4.69. The van der Waals surface area contributed by atoms with Gasteiger partial charge in [-0.15, -0.1) is 0 Å². The van der Waals surface area contributed by atoms with E-state index >= 15 is 0 Å². The molecular formula is C14H30O4. The number of ether oxygens (including phenoxy) is 2. The highest BCUT2D eigenvalue weighted by Gasteiger charge is 2.27. The number of rotatable bonds is 13. The van der Waals surface area contributed by atoms with Crippen LogP contribution in [0, 0.1) is 0 Å². The monoisotopic (exact) mass is 262 g/mol. The van der Waals surface area contributed by atoms with Crippen molar-refractivity contribution in [3.8, 4) is 0 Å². The molecule has 0 aliphatic heterocycles. The molecule has 0 aromatic heterocycles. The Hall–Kier alpha value is -0.160. The number of unbranched alkanes of at least 4 members (excludes halogenated alkanes) is 6. The number of hydrogen-bond donors (Lipinski definition) is 2. The Labute approximate surface area is 111 Å². The highest BCUT2D eigenvalue weighted by Crippen LogP contribution is 2.12. The molecule has 4 nitrogen and oxygen atoms in total. The molecule has 0 aromatic carbocycles. The maximum absolute atomic E-state index is 9.84. The Bertz CT molecular complexity index is 159. The molecule has 0 heterocycles. The minimum atomic E-state index is -1.81. The summed E-state index contributed by atoms with van der Waals surface area (Å²) in [6, 6.07) is 0. The molecule has 2 N–H and O–H groups in total. The lowest BCUT2D eigenvalue weighted by molar-refractivity contribution is -0.372. The minimum Gasteiger partial charge on any atom is -0.388 e. The maximum atomic E-state index is 9.84. The zero-order chi connectivity index (χ0) is 13.7. The maximum Gasteiger partial charge on any atom is 0.305 e. The van der Waals surface area contributed by atoms with Crippen molar-refractivity contribution < 1.29 is 19.7 Å². The molecule has 0 spiro atoms. The van der Waals surface area contributed by atoms with Gasteiger partial charge in [0, 0.05) is 0 Å². The van der Waals surface area contributed by atoms with Crippen LogP contribution in [0.3, 0.4) is 0 Å². The van der Waals surface area contributed by atoms with Crippen molar-refractivity contribution in [3.05, 3.63) is 0 Å². The fraction of sp³-hybridized carbons (Fsp3) is 1.00. The van der Waals surface area contributed by atoms with E-state index in [0.29, 0.717) is 13.2 Å². The molecule has 0 aliphatic rings. The highest BCUT2D eigenvalue weighted by atomic mass is 16.8. The van der Waals surface area contributed by atoms with Crippen molar-refractivity contribution in [1.82, 2.24) is 0 Å². The predicted octanol–water partition coefficient (Wildman–Crippen LogP) is 2.82. The molecule has 0 unspecified atom stereocenters. The molecule has 0 saturated heterocycles. The van der Waals surface area contributed by atoms with Gasteiger partial charge >= 0.3 is 5.97 Å². The number of aliphatic hydroxyl groups excluding tert-OH is 1. The van der Waals surface area contributed by atoms with Crippen LogP contribution in [0.5, 0.6) is 0 Å². The lowest BCUT2D eigenvalue weighted by atomic mass is 10.2. The van der Waals surface area contributed by atoms with Gasteiger partial charge in [0.15, 0.2) is 0 Å². The van der Waals surface area contributed by atoms with Crippen LogP contribution in [0.4, 0.5) is 0 Å². The Kier molecular flexibility index (Phi) is 11.8. The van der Waals surface area contributed by atoms with Crippen LogP contribution in [0.15, 0.2) is 0 Å². The summed E-state index contributed by atoms with van der Waals surface area (Å²) in [6.45, 7) is 4.61. The van der Waals surface area contributed by atoms with E-state index in [0.717, 1.165) is 38.5 Å². The SMILES string of the molecule is CCCCCCOC(O)(CO)OCCCCCC. The lowest BCUT2D eigenvalue weighted by Crippen LogP contribution is -2.40. The molecule has 110 valence electrons. The van der Waals surface area contributed by atoms with Gasteiger partial charge in [-0.3, -0.25) is 0 Å². The average Bonchev–Trinajstić information content (AvgIpc) is 2.38. The molecule has 18 heavy (non-hydrogen) atoms. The summed E-state index contributed by atoms with van der Waals surface area (Å²) < 4.78 is 10.4. The molecule has 0 radical (unpaired) electrons. The first-order chi connectivity index (χ1) is 8.68. The van der Waals surface area contributed by atoms with Crippen LogP contribution in [0.25, 0.3) is 0 Å². The van der Waals surface area contributed by atoms with Gasteiger partial charge < -0.3 is 19.7 Å². The van der Waals surface area contributed by atoms with E-state index in [1.54, 1.807) is 0 Å². The van der Waals surface area contributed by atoms with Gasteiger partial charge in [-0.05, 0) is 12.8 Å². The molecule has 4 heteroatoms. The molecular weight excluding hydrogens is 232 g/mol. The predicted molar refractivity (Wildman–Crippen MR) is 72.2 cm³/mol. The fourth-order valence-electron chi connectivity index (χ4n) is 1.65. The molecule has 0 bridgehead atoms. The highest BCUT2D eigenvalue weighted by molar-refractivity contribution is 4.52. The van der Waals surface area contributed by atoms with Gasteiger partial charge in [-0.2, -0.15) is 0 Å². The summed E-state index contributed by atoms with van der Waals surface area (Å²) in [4.78, 5) is 0. The third-order valence-corrected chi connectivity index (χ3v) is 2.85. The van der Waals surface area contributed by atoms with Crippen molar-refractivity contribution >= 4 is 0 Å². The molecule has 0 aliphatic carbocycles. The Balaban J connectivity index is 3.60. The first-order valence-corrected chi connectivity index (χ1v) is 7.29. The lowest BCUT2D eigenvalue weighted by Gasteiger charge is -2.25. The van der Waals surface area contributed by atoms with E-state index < -0.39 is 12.6 Å². The summed E-state index contributed by atoms with van der Waals surface area (Å²) in [7, 11) is 0. The van der Waals surface area contributed by atoms with Gasteiger partial charge in [0.2, 0.25) is 0 Å². The minimum absolute atomic E-state index is 0.423. The molecule has 0 aromatic rings. The normalized spacial score (nSPS) is 12.0. The largest absolute Gasteiger partial charge is 0.388 e. The van der Waals surface area contributed by atoms with Crippen molar-refractivity contribution in [1.29, 1.82) is 0 Å². The van der Waals surface area contributed by atoms with E-state index in [2.05, 4.69) is 13.8 Å². The number of hydrogen-bond acceptors (Lipinski definition) is 4. The van der Waals surface area contributed by atoms with Crippen LogP contribution in [0.2, 0.25) is 0 Å². The van der Waals surface area contributed by atoms with Gasteiger partial charge in [0.25, 0.3) is 0 Å². The Morgan fingerprint density at radius 1 is 0.778 bits per heavy atom. The quantitative estimate of drug-likeness (QED) is 0.396. The van der Waals surface area contributed by atoms with Crippen LogP contribution in [0.1, 0.15) is 65.2 Å². The summed E-state index contributed by atoms with van der Waals surface area (Å²) >= 11 is 0. The second-order valence-electron chi connectivity index (χ2n) is 4.69. The summed E-state index contributed by atoms with van der Waals surface area (Å²) in [5.74, 6) is -1.81. The van der Waals surface area contributed by atoms with Crippen LogP contribution >= 0.6 is 0 Å². The third-order valence-electron chi connectivity index (χ3n) is 2.85. The average molecular weight is 262 g/mol. The van der Waals surface area contributed by atoms with Crippen molar-refractivity contribution in [3.63, 3.8) is 0 Å². The van der Waals surface area contributed by atoms with Crippen LogP contribution in [-0.2, 0) is 9.47 Å². The number of aliphatic hydroxyl groups is 2. The first kappa shape index (κ1) is 17.8. The van der Waals surface area contributed by atoms with E-state index in [1.165, 1.54) is 12.8 Å². The van der Waals surface area contributed by atoms with Crippen LogP contribution < -0.4 is 0 Å². The van der Waals surface area contributed by atoms with Gasteiger partial charge in [-0.1, -0.05) is 52.4 Å². The van der Waals surface area contributed by atoms with E-state index in [9.17, 15) is 5.11 Å². The molecule has 0 rings (SSSR count). The summed E-state index contributed by atoms with van der Waals surface area (Å²) in [5.41, 5.74) is 0. The Morgan fingerprint density at radius 2 is 1.22 bits per heavy atom. The van der Waals surface area contributed by atoms with E-state index in [-0.39, 0.29) is 0 Å². The van der Waals surface area contributed by atoms with E-state index in [1.807, 2.05) is 0 Å². The van der Waals surface area contributed by atoms with Crippen molar-refractivity contribution in [2.45, 2.75) is 71.2 Å². The van der Waals surface area contributed by atoms with Gasteiger partial charge in [-0.25, -0.2) is 0 Å². The zero-order valence-corrected chi connectivity index (χ0v) is 12.0. The smallest absolute Gasteiger partial charge is 0.305 e. The first-order valence-electron chi connectivity index (χ1n) is 7.29. The zero-order valence-electron chi connectivity index (χ0n) is 12.0.